The number of halogens is 1. The molecule has 84 valence electrons. The molecule has 5 nitrogen and oxygen atoms in total. The number of nitrogen functional groups attached to an aromatic ring is 1. The fraction of sp³-hybridized carbons (Fsp3) is 0.100. The van der Waals surface area contributed by atoms with E-state index in [1.54, 1.807) is 0 Å². The minimum absolute atomic E-state index is 0.0106. The van der Waals surface area contributed by atoms with Gasteiger partial charge in [0.15, 0.2) is 11.5 Å². The van der Waals surface area contributed by atoms with E-state index < -0.39 is 5.82 Å². The van der Waals surface area contributed by atoms with Gasteiger partial charge >= 0.3 is 0 Å². The van der Waals surface area contributed by atoms with Crippen LogP contribution in [0.15, 0.2) is 18.2 Å². The molecule has 6 heteroatoms. The molecule has 0 aliphatic rings. The van der Waals surface area contributed by atoms with Gasteiger partial charge in [0.1, 0.15) is 11.6 Å². The number of phenols is 1. The first kappa shape index (κ1) is 10.3. The fourth-order valence-electron chi connectivity index (χ4n) is 1.43. The van der Waals surface area contributed by atoms with E-state index in [2.05, 4.69) is 10.2 Å². The first-order valence-electron chi connectivity index (χ1n) is 4.50. The number of phenolic OH excluding ortho intramolecular Hbond substituents is 1. The van der Waals surface area contributed by atoms with Crippen molar-refractivity contribution in [1.29, 1.82) is 0 Å². The summed E-state index contributed by atoms with van der Waals surface area (Å²) in [5.74, 6) is -0.464. The van der Waals surface area contributed by atoms with Crippen LogP contribution in [0.3, 0.4) is 0 Å². The molecule has 1 aromatic carbocycles. The van der Waals surface area contributed by atoms with Crippen LogP contribution in [0.25, 0.3) is 11.3 Å². The molecule has 0 aliphatic heterocycles. The van der Waals surface area contributed by atoms with Gasteiger partial charge in [-0.25, -0.2) is 4.39 Å². The number of benzene rings is 1. The summed E-state index contributed by atoms with van der Waals surface area (Å²) in [7, 11) is 1.39. The second-order valence-corrected chi connectivity index (χ2v) is 3.18. The molecule has 0 bridgehead atoms. The van der Waals surface area contributed by atoms with Gasteiger partial charge < -0.3 is 15.6 Å². The highest BCUT2D eigenvalue weighted by molar-refractivity contribution is 5.72. The van der Waals surface area contributed by atoms with Crippen LogP contribution < -0.4 is 10.5 Å². The molecule has 0 radical (unpaired) electrons. The van der Waals surface area contributed by atoms with Crippen molar-refractivity contribution in [2.45, 2.75) is 0 Å². The number of H-pyrrole nitrogens is 1. The standard InChI is InChI=1S/C10H10FN3O2/c1-16-7-3-2-5(11)9(10(7)15)6-4-8(12)14-13-6/h2-4,15H,1H3,(H3,12,13,14). The summed E-state index contributed by atoms with van der Waals surface area (Å²) in [6, 6.07) is 3.97. The zero-order valence-corrected chi connectivity index (χ0v) is 8.49. The van der Waals surface area contributed by atoms with Gasteiger partial charge in [-0.2, -0.15) is 5.10 Å². The van der Waals surface area contributed by atoms with Crippen LogP contribution in [0.1, 0.15) is 0 Å². The van der Waals surface area contributed by atoms with Crippen LogP contribution in [0.2, 0.25) is 0 Å². The molecule has 0 amide bonds. The summed E-state index contributed by atoms with van der Waals surface area (Å²) < 4.78 is 18.4. The Labute approximate surface area is 90.7 Å². The highest BCUT2D eigenvalue weighted by atomic mass is 19.1. The molecule has 16 heavy (non-hydrogen) atoms. The molecular formula is C10H10FN3O2. The maximum atomic E-state index is 13.6. The van der Waals surface area contributed by atoms with Crippen molar-refractivity contribution in [3.05, 3.63) is 24.0 Å². The van der Waals surface area contributed by atoms with Crippen LogP contribution in [0.5, 0.6) is 11.5 Å². The van der Waals surface area contributed by atoms with Gasteiger partial charge in [-0.3, -0.25) is 5.10 Å². The Morgan fingerprint density at radius 1 is 1.50 bits per heavy atom. The third-order valence-corrected chi connectivity index (χ3v) is 2.18. The van der Waals surface area contributed by atoms with Gasteiger partial charge in [0, 0.05) is 6.07 Å². The minimum atomic E-state index is -0.582. The lowest BCUT2D eigenvalue weighted by molar-refractivity contribution is 0.372. The summed E-state index contributed by atoms with van der Waals surface area (Å²) in [5.41, 5.74) is 5.70. The van der Waals surface area contributed by atoms with E-state index in [9.17, 15) is 9.50 Å². The van der Waals surface area contributed by atoms with Crippen molar-refractivity contribution >= 4 is 5.82 Å². The smallest absolute Gasteiger partial charge is 0.170 e. The van der Waals surface area contributed by atoms with E-state index in [4.69, 9.17) is 10.5 Å². The minimum Gasteiger partial charge on any atom is -0.504 e. The normalized spacial score (nSPS) is 10.4. The van der Waals surface area contributed by atoms with Crippen molar-refractivity contribution in [2.75, 3.05) is 12.8 Å². The zero-order valence-electron chi connectivity index (χ0n) is 8.49. The molecule has 0 aliphatic carbocycles. The molecule has 2 rings (SSSR count). The number of hydrogen-bond acceptors (Lipinski definition) is 4. The van der Waals surface area contributed by atoms with Crippen molar-refractivity contribution < 1.29 is 14.2 Å². The summed E-state index contributed by atoms with van der Waals surface area (Å²) in [5, 5.41) is 16.0. The average Bonchev–Trinajstić information content (AvgIpc) is 2.65. The second kappa shape index (κ2) is 3.73. The lowest BCUT2D eigenvalue weighted by atomic mass is 10.1. The highest BCUT2D eigenvalue weighted by Gasteiger charge is 2.16. The van der Waals surface area contributed by atoms with Crippen LogP contribution in [0.4, 0.5) is 10.2 Å². The van der Waals surface area contributed by atoms with Gasteiger partial charge in [-0.1, -0.05) is 0 Å². The van der Waals surface area contributed by atoms with E-state index in [0.717, 1.165) is 0 Å². The van der Waals surface area contributed by atoms with E-state index in [1.165, 1.54) is 25.3 Å². The summed E-state index contributed by atoms with van der Waals surface area (Å²) >= 11 is 0. The topological polar surface area (TPSA) is 84.2 Å². The van der Waals surface area contributed by atoms with Crippen LogP contribution >= 0.6 is 0 Å². The maximum absolute atomic E-state index is 13.6. The number of aromatic hydroxyl groups is 1. The largest absolute Gasteiger partial charge is 0.504 e. The molecular weight excluding hydrogens is 213 g/mol. The van der Waals surface area contributed by atoms with Crippen molar-refractivity contribution in [2.24, 2.45) is 0 Å². The number of aromatic amines is 1. The fourth-order valence-corrected chi connectivity index (χ4v) is 1.43. The first-order chi connectivity index (χ1) is 7.63. The van der Waals surface area contributed by atoms with Gasteiger partial charge in [0.2, 0.25) is 0 Å². The molecule has 0 spiro atoms. The Morgan fingerprint density at radius 3 is 2.81 bits per heavy atom. The number of anilines is 1. The highest BCUT2D eigenvalue weighted by Crippen LogP contribution is 2.38. The number of nitrogens with two attached hydrogens (primary N) is 1. The van der Waals surface area contributed by atoms with E-state index >= 15 is 0 Å². The van der Waals surface area contributed by atoms with Gasteiger partial charge in [-0.15, -0.1) is 0 Å². The SMILES string of the molecule is COc1ccc(F)c(-c2cc(N)n[nH]2)c1O. The number of nitrogens with one attached hydrogen (secondary N) is 1. The summed E-state index contributed by atoms with van der Waals surface area (Å²) in [4.78, 5) is 0. The maximum Gasteiger partial charge on any atom is 0.170 e. The zero-order chi connectivity index (χ0) is 11.7. The van der Waals surface area contributed by atoms with E-state index in [-0.39, 0.29) is 22.9 Å². The number of nitrogens with zero attached hydrogens (tertiary/aromatic N) is 1. The third-order valence-electron chi connectivity index (χ3n) is 2.18. The van der Waals surface area contributed by atoms with Crippen LogP contribution in [0, 0.1) is 5.82 Å². The predicted molar refractivity (Wildman–Crippen MR) is 56.6 cm³/mol. The molecule has 0 saturated carbocycles. The van der Waals surface area contributed by atoms with Crippen molar-refractivity contribution in [1.82, 2.24) is 10.2 Å². The van der Waals surface area contributed by atoms with E-state index in [1.807, 2.05) is 0 Å². The third kappa shape index (κ3) is 1.54. The lowest BCUT2D eigenvalue weighted by Gasteiger charge is -2.08. The number of methoxy groups -OCH3 is 1. The second-order valence-electron chi connectivity index (χ2n) is 3.18. The average molecular weight is 223 g/mol. The number of hydrogen-bond donors (Lipinski definition) is 3. The van der Waals surface area contributed by atoms with Gasteiger partial charge in [0.25, 0.3) is 0 Å². The Morgan fingerprint density at radius 2 is 2.25 bits per heavy atom. The first-order valence-corrected chi connectivity index (χ1v) is 4.50. The quantitative estimate of drug-likeness (QED) is 0.720. The Kier molecular flexibility index (Phi) is 2.40. The molecule has 1 aromatic heterocycles. The molecule has 0 atom stereocenters. The summed E-state index contributed by atoms with van der Waals surface area (Å²) in [6.07, 6.45) is 0. The van der Waals surface area contributed by atoms with Crippen LogP contribution in [-0.4, -0.2) is 22.4 Å². The monoisotopic (exact) mass is 223 g/mol. The lowest BCUT2D eigenvalue weighted by Crippen LogP contribution is -1.90. The molecule has 0 saturated heterocycles. The Bertz CT molecular complexity index is 525. The number of ether oxygens (including phenoxy) is 1. The molecule has 2 aromatic rings. The molecule has 0 unspecified atom stereocenters. The molecule has 0 fully saturated rings. The van der Waals surface area contributed by atoms with Crippen molar-refractivity contribution in [3.63, 3.8) is 0 Å². The van der Waals surface area contributed by atoms with Crippen molar-refractivity contribution in [3.8, 4) is 22.8 Å². The molecule has 4 N–H and O–H groups in total. The number of rotatable bonds is 2. The summed E-state index contributed by atoms with van der Waals surface area (Å²) in [6.45, 7) is 0. The Hall–Kier alpha value is -2.24. The predicted octanol–water partition coefficient (Wildman–Crippen LogP) is 1.51. The van der Waals surface area contributed by atoms with Gasteiger partial charge in [0.05, 0.1) is 18.4 Å². The van der Waals surface area contributed by atoms with E-state index in [0.29, 0.717) is 5.69 Å². The van der Waals surface area contributed by atoms with Crippen LogP contribution in [-0.2, 0) is 0 Å². The number of aromatic nitrogens is 2. The Balaban J connectivity index is 2.63. The molecule has 1 heterocycles. The van der Waals surface area contributed by atoms with Gasteiger partial charge in [-0.05, 0) is 12.1 Å².